The molecule has 31 heavy (non-hydrogen) atoms. The van der Waals surface area contributed by atoms with Crippen LogP contribution in [0.25, 0.3) is 0 Å². The van der Waals surface area contributed by atoms with E-state index in [0.29, 0.717) is 31.5 Å². The third-order valence-electron chi connectivity index (χ3n) is 5.40. The minimum atomic E-state index is -4.35. The summed E-state index contributed by atoms with van der Waals surface area (Å²) >= 11 is -0.207. The van der Waals surface area contributed by atoms with E-state index in [4.69, 9.17) is 0 Å². The van der Waals surface area contributed by atoms with E-state index in [0.717, 1.165) is 12.0 Å². The largest absolute Gasteiger partial charge is 0.446 e. The van der Waals surface area contributed by atoms with E-state index in [1.165, 1.54) is 24.3 Å². The van der Waals surface area contributed by atoms with Gasteiger partial charge in [0.15, 0.2) is 0 Å². The number of rotatable bonds is 6. The molecule has 166 valence electrons. The number of nitrogens with one attached hydrogen (secondary N) is 1. The predicted octanol–water partition coefficient (Wildman–Crippen LogP) is 5.21. The highest BCUT2D eigenvalue weighted by Crippen LogP contribution is 2.36. The number of halogens is 3. The van der Waals surface area contributed by atoms with Gasteiger partial charge in [-0.05, 0) is 60.9 Å². The molecule has 8 heteroatoms. The second-order valence-corrected chi connectivity index (χ2v) is 8.66. The molecule has 2 aromatic carbocycles. The van der Waals surface area contributed by atoms with Gasteiger partial charge in [0.2, 0.25) is 5.91 Å². The van der Waals surface area contributed by atoms with Gasteiger partial charge < -0.3 is 10.2 Å². The van der Waals surface area contributed by atoms with Gasteiger partial charge in [-0.1, -0.05) is 37.3 Å². The highest BCUT2D eigenvalue weighted by Gasteiger charge is 2.30. The van der Waals surface area contributed by atoms with Gasteiger partial charge in [0.05, 0.1) is 5.92 Å². The predicted molar refractivity (Wildman–Crippen MR) is 115 cm³/mol. The maximum Gasteiger partial charge on any atom is 0.446 e. The first-order chi connectivity index (χ1) is 14.8. The van der Waals surface area contributed by atoms with Crippen LogP contribution < -0.4 is 5.32 Å². The third kappa shape index (κ3) is 6.50. The van der Waals surface area contributed by atoms with Gasteiger partial charge in [0.1, 0.15) is 0 Å². The molecule has 4 nitrogen and oxygen atoms in total. The number of likely N-dealkylation sites (tertiary alicyclic amines) is 1. The van der Waals surface area contributed by atoms with Crippen molar-refractivity contribution in [2.45, 2.75) is 48.5 Å². The normalized spacial score (nSPS) is 16.1. The number of piperidine rings is 1. The first-order valence-corrected chi connectivity index (χ1v) is 11.1. The highest BCUT2D eigenvalue weighted by molar-refractivity contribution is 8.00. The summed E-state index contributed by atoms with van der Waals surface area (Å²) in [5, 5.41) is 2.93. The molecule has 0 saturated carbocycles. The molecule has 1 unspecified atom stereocenters. The van der Waals surface area contributed by atoms with Crippen LogP contribution in [0.15, 0.2) is 59.5 Å². The Balaban J connectivity index is 1.51. The lowest BCUT2D eigenvalue weighted by molar-refractivity contribution is -0.134. The first kappa shape index (κ1) is 23.2. The van der Waals surface area contributed by atoms with Crippen molar-refractivity contribution in [3.05, 3.63) is 65.7 Å². The Kier molecular flexibility index (Phi) is 7.64. The monoisotopic (exact) mass is 450 g/mol. The number of carbonyl (C=O) groups is 2. The van der Waals surface area contributed by atoms with Crippen LogP contribution in [-0.4, -0.2) is 41.4 Å². The number of nitrogens with zero attached hydrogens (tertiary/aromatic N) is 1. The van der Waals surface area contributed by atoms with Crippen LogP contribution in [0.2, 0.25) is 0 Å². The summed E-state index contributed by atoms with van der Waals surface area (Å²) in [6.07, 6.45) is 2.01. The Morgan fingerprint density at radius 2 is 1.68 bits per heavy atom. The summed E-state index contributed by atoms with van der Waals surface area (Å²) in [4.78, 5) is 27.3. The highest BCUT2D eigenvalue weighted by atomic mass is 32.2. The van der Waals surface area contributed by atoms with Crippen molar-refractivity contribution in [1.29, 1.82) is 0 Å². The molecule has 1 saturated heterocycles. The van der Waals surface area contributed by atoms with Crippen molar-refractivity contribution in [2.24, 2.45) is 0 Å². The molecule has 3 rings (SSSR count). The van der Waals surface area contributed by atoms with Crippen LogP contribution in [0.1, 0.15) is 48.0 Å². The van der Waals surface area contributed by atoms with Crippen LogP contribution in [-0.2, 0) is 4.79 Å². The molecule has 1 N–H and O–H groups in total. The van der Waals surface area contributed by atoms with Gasteiger partial charge >= 0.3 is 5.51 Å². The topological polar surface area (TPSA) is 49.4 Å². The molecule has 1 heterocycles. The number of thioether (sulfide) groups is 1. The van der Waals surface area contributed by atoms with Gasteiger partial charge in [0.25, 0.3) is 5.91 Å². The van der Waals surface area contributed by atoms with Crippen LogP contribution in [0.3, 0.4) is 0 Å². The van der Waals surface area contributed by atoms with Crippen molar-refractivity contribution < 1.29 is 22.8 Å². The minimum Gasteiger partial charge on any atom is -0.349 e. The van der Waals surface area contributed by atoms with E-state index in [1.54, 1.807) is 0 Å². The fraction of sp³-hybridized carbons (Fsp3) is 0.391. The molecule has 1 fully saturated rings. The molecule has 0 bridgehead atoms. The fourth-order valence-electron chi connectivity index (χ4n) is 3.78. The average molecular weight is 451 g/mol. The molecular weight excluding hydrogens is 425 g/mol. The Labute approximate surface area is 184 Å². The number of carbonyl (C=O) groups excluding carboxylic acids is 2. The fourth-order valence-corrected chi connectivity index (χ4v) is 4.32. The molecule has 1 aliphatic rings. The smallest absolute Gasteiger partial charge is 0.349 e. The van der Waals surface area contributed by atoms with Gasteiger partial charge in [-0.3, -0.25) is 9.59 Å². The molecule has 0 aliphatic carbocycles. The zero-order valence-corrected chi connectivity index (χ0v) is 18.0. The van der Waals surface area contributed by atoms with E-state index in [1.807, 2.05) is 42.2 Å². The van der Waals surface area contributed by atoms with E-state index in [-0.39, 0.29) is 40.4 Å². The zero-order chi connectivity index (χ0) is 22.4. The summed E-state index contributed by atoms with van der Waals surface area (Å²) in [6, 6.07) is 15.0. The second kappa shape index (κ2) is 10.2. The molecule has 0 spiro atoms. The Morgan fingerprint density at radius 3 is 2.23 bits per heavy atom. The van der Waals surface area contributed by atoms with Gasteiger partial charge in [-0.2, -0.15) is 13.2 Å². The number of amides is 2. The average Bonchev–Trinajstić information content (AvgIpc) is 2.75. The van der Waals surface area contributed by atoms with Crippen molar-refractivity contribution in [1.82, 2.24) is 10.2 Å². The Bertz CT molecular complexity index is 880. The molecule has 1 atom stereocenters. The van der Waals surface area contributed by atoms with Crippen molar-refractivity contribution in [3.8, 4) is 0 Å². The third-order valence-corrected chi connectivity index (χ3v) is 6.14. The summed E-state index contributed by atoms with van der Waals surface area (Å²) < 4.78 is 37.3. The summed E-state index contributed by atoms with van der Waals surface area (Å²) in [7, 11) is 0. The maximum atomic E-state index is 13.0. The molecule has 2 amide bonds. The Hall–Kier alpha value is -2.48. The lowest BCUT2D eigenvalue weighted by Gasteiger charge is -2.34. The molecule has 0 aromatic heterocycles. The standard InChI is InChI=1S/C23H25F3N2O2S/c1-2-20(16-6-4-3-5-7-16)22(30)28-14-12-18(13-15-28)27-21(29)17-8-10-19(11-9-17)31-23(24,25)26/h3-11,18,20H,2,12-15H2,1H3,(H,27,29). The van der Waals surface area contributed by atoms with Gasteiger partial charge in [-0.25, -0.2) is 0 Å². The first-order valence-electron chi connectivity index (χ1n) is 10.3. The van der Waals surface area contributed by atoms with Crippen LogP contribution in [0.4, 0.5) is 13.2 Å². The number of hydrogen-bond donors (Lipinski definition) is 1. The maximum absolute atomic E-state index is 13.0. The molecular formula is C23H25F3N2O2S. The molecule has 1 aliphatic heterocycles. The lowest BCUT2D eigenvalue weighted by Crippen LogP contribution is -2.47. The quantitative estimate of drug-likeness (QED) is 0.615. The van der Waals surface area contributed by atoms with E-state index in [2.05, 4.69) is 5.32 Å². The van der Waals surface area contributed by atoms with E-state index < -0.39 is 5.51 Å². The number of benzene rings is 2. The number of hydrogen-bond acceptors (Lipinski definition) is 3. The Morgan fingerprint density at radius 1 is 1.06 bits per heavy atom. The summed E-state index contributed by atoms with van der Waals surface area (Å²) in [6.45, 7) is 3.13. The van der Waals surface area contributed by atoms with Gasteiger partial charge in [-0.15, -0.1) is 0 Å². The SMILES string of the molecule is CCC(C(=O)N1CCC(NC(=O)c2ccc(SC(F)(F)F)cc2)CC1)c1ccccc1. The van der Waals surface area contributed by atoms with E-state index >= 15 is 0 Å². The van der Waals surface area contributed by atoms with E-state index in [9.17, 15) is 22.8 Å². The summed E-state index contributed by atoms with van der Waals surface area (Å²) in [5.74, 6) is -0.374. The summed E-state index contributed by atoms with van der Waals surface area (Å²) in [5.41, 5.74) is -3.02. The lowest BCUT2D eigenvalue weighted by atomic mass is 9.93. The van der Waals surface area contributed by atoms with Gasteiger partial charge in [0, 0.05) is 29.6 Å². The van der Waals surface area contributed by atoms with Crippen LogP contribution in [0.5, 0.6) is 0 Å². The zero-order valence-electron chi connectivity index (χ0n) is 17.2. The van der Waals surface area contributed by atoms with Crippen molar-refractivity contribution in [2.75, 3.05) is 13.1 Å². The van der Waals surface area contributed by atoms with Crippen molar-refractivity contribution in [3.63, 3.8) is 0 Å². The second-order valence-electron chi connectivity index (χ2n) is 7.52. The molecule has 2 aromatic rings. The van der Waals surface area contributed by atoms with Crippen molar-refractivity contribution >= 4 is 23.6 Å². The molecule has 0 radical (unpaired) electrons. The van der Waals surface area contributed by atoms with Crippen LogP contribution >= 0.6 is 11.8 Å². The van der Waals surface area contributed by atoms with Crippen LogP contribution in [0, 0.1) is 0 Å². The minimum absolute atomic E-state index is 0.0414. The number of alkyl halides is 3.